The molecule has 0 aliphatic heterocycles. The van der Waals surface area contributed by atoms with Crippen LogP contribution in [-0.2, 0) is 4.74 Å². The van der Waals surface area contributed by atoms with Crippen LogP contribution in [-0.4, -0.2) is 17.3 Å². The summed E-state index contributed by atoms with van der Waals surface area (Å²) in [6, 6.07) is 7.19. The van der Waals surface area contributed by atoms with Crippen LogP contribution in [0.1, 0.15) is 25.5 Å². The van der Waals surface area contributed by atoms with E-state index in [0.717, 1.165) is 0 Å². The number of hydrogen-bond donors (Lipinski definition) is 1. The molecule has 1 rings (SSSR count). The number of aliphatic hydroxyl groups is 1. The van der Waals surface area contributed by atoms with Crippen LogP contribution in [0.25, 0.3) is 0 Å². The second-order valence-corrected chi connectivity index (χ2v) is 5.05. The van der Waals surface area contributed by atoms with Gasteiger partial charge in [0.15, 0.2) is 6.10 Å². The molecule has 92 valence electrons. The average molecular weight is 319 g/mol. The summed E-state index contributed by atoms with van der Waals surface area (Å²) in [4.78, 5) is 0. The fourth-order valence-corrected chi connectivity index (χ4v) is 2.11. The van der Waals surface area contributed by atoms with E-state index in [1.165, 1.54) is 0 Å². The van der Waals surface area contributed by atoms with Crippen molar-refractivity contribution >= 4 is 27.5 Å². The van der Waals surface area contributed by atoms with Gasteiger partial charge < -0.3 is 9.84 Å². The average Bonchev–Trinajstić information content (AvgIpc) is 2.26. The maximum absolute atomic E-state index is 9.36. The predicted molar refractivity (Wildman–Crippen MR) is 69.7 cm³/mol. The molecule has 0 aliphatic carbocycles. The molecule has 3 nitrogen and oxygen atoms in total. The molecule has 0 saturated heterocycles. The Hall–Kier alpha value is -0.600. The topological polar surface area (TPSA) is 53.2 Å². The van der Waals surface area contributed by atoms with E-state index in [-0.39, 0.29) is 0 Å². The third kappa shape index (κ3) is 3.97. The van der Waals surface area contributed by atoms with Crippen molar-refractivity contribution in [2.24, 2.45) is 0 Å². The van der Waals surface area contributed by atoms with Crippen molar-refractivity contribution in [3.8, 4) is 6.07 Å². The zero-order valence-electron chi connectivity index (χ0n) is 9.52. The number of hydrogen-bond acceptors (Lipinski definition) is 3. The normalized spacial score (nSPS) is 16.0. The summed E-state index contributed by atoms with van der Waals surface area (Å²) in [6.07, 6.45) is -1.77. The standard InChI is InChI=1S/C12H13BrClNO2/c1-7(16)8(2)17-12(6-15)10-4-3-9(14)5-11(10)13/h3-5,7-8,12,16H,1-2H3. The molecule has 1 N–H and O–H groups in total. The Morgan fingerprint density at radius 2 is 2.12 bits per heavy atom. The molecule has 5 heteroatoms. The molecular weight excluding hydrogens is 305 g/mol. The summed E-state index contributed by atoms with van der Waals surface area (Å²) in [5.74, 6) is 0. The molecule has 0 aromatic heterocycles. The van der Waals surface area contributed by atoms with E-state index in [2.05, 4.69) is 22.0 Å². The summed E-state index contributed by atoms with van der Waals surface area (Å²) in [5.41, 5.74) is 0.699. The number of ether oxygens (including phenoxy) is 1. The predicted octanol–water partition coefficient (Wildman–Crippen LogP) is 3.45. The molecule has 17 heavy (non-hydrogen) atoms. The molecule has 3 atom stereocenters. The van der Waals surface area contributed by atoms with Crippen LogP contribution in [0, 0.1) is 11.3 Å². The van der Waals surface area contributed by atoms with Crippen LogP contribution in [0.2, 0.25) is 5.02 Å². The first-order valence-corrected chi connectivity index (χ1v) is 6.31. The van der Waals surface area contributed by atoms with Gasteiger partial charge in [-0.05, 0) is 26.0 Å². The zero-order valence-corrected chi connectivity index (χ0v) is 11.9. The smallest absolute Gasteiger partial charge is 0.170 e. The number of nitrogens with zero attached hydrogens (tertiary/aromatic N) is 1. The van der Waals surface area contributed by atoms with Gasteiger partial charge in [0.05, 0.1) is 18.3 Å². The second kappa shape index (κ2) is 6.36. The van der Waals surface area contributed by atoms with E-state index >= 15 is 0 Å². The Labute approximate surface area is 114 Å². The summed E-state index contributed by atoms with van der Waals surface area (Å²) >= 11 is 9.16. The Kier molecular flexibility index (Phi) is 5.41. The van der Waals surface area contributed by atoms with E-state index in [1.807, 2.05) is 0 Å². The number of benzene rings is 1. The second-order valence-electron chi connectivity index (χ2n) is 3.76. The van der Waals surface area contributed by atoms with Gasteiger partial charge in [0.1, 0.15) is 0 Å². The summed E-state index contributed by atoms with van der Waals surface area (Å²) in [5, 5.41) is 19.0. The van der Waals surface area contributed by atoms with Crippen molar-refractivity contribution in [1.29, 1.82) is 5.26 Å². The molecule has 3 unspecified atom stereocenters. The maximum atomic E-state index is 9.36. The molecule has 0 heterocycles. The van der Waals surface area contributed by atoms with Crippen molar-refractivity contribution in [2.45, 2.75) is 32.2 Å². The largest absolute Gasteiger partial charge is 0.391 e. The summed E-state index contributed by atoms with van der Waals surface area (Å²) in [6.45, 7) is 3.34. The first-order chi connectivity index (χ1) is 7.95. The Bertz CT molecular complexity index is 431. The van der Waals surface area contributed by atoms with Gasteiger partial charge in [0, 0.05) is 15.1 Å². The van der Waals surface area contributed by atoms with Crippen LogP contribution in [0.4, 0.5) is 0 Å². The van der Waals surface area contributed by atoms with Crippen molar-refractivity contribution in [1.82, 2.24) is 0 Å². The van der Waals surface area contributed by atoms with Gasteiger partial charge in [-0.15, -0.1) is 0 Å². The van der Waals surface area contributed by atoms with Crippen LogP contribution < -0.4 is 0 Å². The summed E-state index contributed by atoms with van der Waals surface area (Å²) in [7, 11) is 0. The van der Waals surface area contributed by atoms with Crippen LogP contribution in [0.5, 0.6) is 0 Å². The SMILES string of the molecule is CC(O)C(C)OC(C#N)c1ccc(Cl)cc1Br. The highest BCUT2D eigenvalue weighted by Crippen LogP contribution is 2.29. The van der Waals surface area contributed by atoms with Crippen LogP contribution >= 0.6 is 27.5 Å². The van der Waals surface area contributed by atoms with E-state index in [1.54, 1.807) is 32.0 Å². The highest BCUT2D eigenvalue weighted by molar-refractivity contribution is 9.10. The number of aliphatic hydroxyl groups excluding tert-OH is 1. The van der Waals surface area contributed by atoms with Crippen molar-refractivity contribution < 1.29 is 9.84 Å². The lowest BCUT2D eigenvalue weighted by molar-refractivity contribution is -0.0428. The number of nitriles is 1. The van der Waals surface area contributed by atoms with Gasteiger partial charge in [0.2, 0.25) is 0 Å². The third-order valence-corrected chi connectivity index (χ3v) is 3.31. The third-order valence-electron chi connectivity index (χ3n) is 2.39. The van der Waals surface area contributed by atoms with E-state index in [9.17, 15) is 5.11 Å². The van der Waals surface area contributed by atoms with Crippen molar-refractivity contribution in [3.05, 3.63) is 33.3 Å². The maximum Gasteiger partial charge on any atom is 0.170 e. The van der Waals surface area contributed by atoms with Gasteiger partial charge in [-0.3, -0.25) is 0 Å². The lowest BCUT2D eigenvalue weighted by Gasteiger charge is -2.20. The Morgan fingerprint density at radius 1 is 1.47 bits per heavy atom. The Morgan fingerprint density at radius 3 is 2.59 bits per heavy atom. The first-order valence-electron chi connectivity index (χ1n) is 5.13. The highest BCUT2D eigenvalue weighted by Gasteiger charge is 2.20. The Balaban J connectivity index is 2.91. The first kappa shape index (κ1) is 14.5. The molecule has 0 amide bonds. The molecule has 1 aromatic carbocycles. The molecule has 0 bridgehead atoms. The van der Waals surface area contributed by atoms with Crippen molar-refractivity contribution in [2.75, 3.05) is 0 Å². The monoisotopic (exact) mass is 317 g/mol. The van der Waals surface area contributed by atoms with Gasteiger partial charge in [-0.1, -0.05) is 33.6 Å². The zero-order chi connectivity index (χ0) is 13.0. The van der Waals surface area contributed by atoms with E-state index < -0.39 is 18.3 Å². The van der Waals surface area contributed by atoms with Crippen molar-refractivity contribution in [3.63, 3.8) is 0 Å². The lowest BCUT2D eigenvalue weighted by Crippen LogP contribution is -2.24. The fraction of sp³-hybridized carbons (Fsp3) is 0.417. The van der Waals surface area contributed by atoms with E-state index in [0.29, 0.717) is 15.1 Å². The number of halogens is 2. The highest BCUT2D eigenvalue weighted by atomic mass is 79.9. The molecular formula is C12H13BrClNO2. The fourth-order valence-electron chi connectivity index (χ4n) is 1.22. The molecule has 0 saturated carbocycles. The minimum Gasteiger partial charge on any atom is -0.391 e. The molecule has 1 aromatic rings. The van der Waals surface area contributed by atoms with E-state index in [4.69, 9.17) is 21.6 Å². The quantitative estimate of drug-likeness (QED) is 0.925. The minimum atomic E-state index is -0.730. The molecule has 0 radical (unpaired) electrons. The van der Waals surface area contributed by atoms with Gasteiger partial charge >= 0.3 is 0 Å². The molecule has 0 fully saturated rings. The van der Waals surface area contributed by atoms with Gasteiger partial charge in [-0.2, -0.15) is 5.26 Å². The molecule has 0 spiro atoms. The summed E-state index contributed by atoms with van der Waals surface area (Å²) < 4.78 is 6.20. The van der Waals surface area contributed by atoms with Gasteiger partial charge in [-0.25, -0.2) is 0 Å². The van der Waals surface area contributed by atoms with Gasteiger partial charge in [0.25, 0.3) is 0 Å². The van der Waals surface area contributed by atoms with Crippen LogP contribution in [0.3, 0.4) is 0 Å². The minimum absolute atomic E-state index is 0.415. The van der Waals surface area contributed by atoms with Crippen LogP contribution in [0.15, 0.2) is 22.7 Å². The molecule has 0 aliphatic rings. The number of rotatable bonds is 4. The lowest BCUT2D eigenvalue weighted by atomic mass is 10.1.